The minimum absolute atomic E-state index is 0.0382. The fraction of sp³-hybridized carbons (Fsp3) is 0.520. The van der Waals surface area contributed by atoms with Gasteiger partial charge >= 0.3 is 0 Å². The van der Waals surface area contributed by atoms with Gasteiger partial charge in [0, 0.05) is 23.7 Å². The van der Waals surface area contributed by atoms with Gasteiger partial charge in [-0.1, -0.05) is 51.0 Å². The van der Waals surface area contributed by atoms with Crippen molar-refractivity contribution in [2.75, 3.05) is 13.2 Å². The molecule has 3 rings (SSSR count). The van der Waals surface area contributed by atoms with Gasteiger partial charge in [0.25, 0.3) is 0 Å². The highest BCUT2D eigenvalue weighted by Crippen LogP contribution is 2.34. The summed E-state index contributed by atoms with van der Waals surface area (Å²) >= 11 is 0. The Morgan fingerprint density at radius 1 is 0.933 bits per heavy atom. The Morgan fingerprint density at radius 3 is 2.40 bits per heavy atom. The molecule has 0 amide bonds. The topological polar surface area (TPSA) is 18.5 Å². The molecule has 2 aromatic rings. The fourth-order valence-corrected chi connectivity index (χ4v) is 3.93. The van der Waals surface area contributed by atoms with Crippen LogP contribution < -0.4 is 0 Å². The van der Waals surface area contributed by atoms with Crippen LogP contribution in [0.3, 0.4) is 0 Å². The van der Waals surface area contributed by atoms with E-state index in [1.807, 2.05) is 6.92 Å². The molecule has 5 heteroatoms. The van der Waals surface area contributed by atoms with Gasteiger partial charge in [0.1, 0.15) is 5.82 Å². The molecule has 0 radical (unpaired) electrons. The number of aryl methyl sites for hydroxylation is 1. The Kier molecular flexibility index (Phi) is 8.34. The van der Waals surface area contributed by atoms with E-state index in [0.717, 1.165) is 44.1 Å². The van der Waals surface area contributed by atoms with Crippen molar-refractivity contribution in [3.63, 3.8) is 0 Å². The number of hydrogen-bond acceptors (Lipinski definition) is 2. The van der Waals surface area contributed by atoms with E-state index in [0.29, 0.717) is 25.2 Å². The van der Waals surface area contributed by atoms with Crippen LogP contribution in [0.2, 0.25) is 0 Å². The normalized spacial score (nSPS) is 19.2. The van der Waals surface area contributed by atoms with Crippen LogP contribution in [0.1, 0.15) is 69.4 Å². The van der Waals surface area contributed by atoms with E-state index in [-0.39, 0.29) is 23.3 Å². The standard InChI is InChI=1S/C25H31F3O2/c1-3-5-6-7-17-8-12-21(25(28)24(17)27)20-11-9-18(15-22(20)26)19-10-13-23(30-16-19)29-14-4-2/h8-9,11-12,15,19,23H,3-7,10,13-14,16H2,1-2H3. The van der Waals surface area contributed by atoms with Gasteiger partial charge in [-0.15, -0.1) is 0 Å². The molecule has 164 valence electrons. The first-order valence-corrected chi connectivity index (χ1v) is 11.0. The van der Waals surface area contributed by atoms with Crippen molar-refractivity contribution in [3.8, 4) is 11.1 Å². The van der Waals surface area contributed by atoms with Gasteiger partial charge in [-0.05, 0) is 49.3 Å². The first kappa shape index (κ1) is 22.8. The highest BCUT2D eigenvalue weighted by Gasteiger charge is 2.24. The zero-order chi connectivity index (χ0) is 21.5. The second-order valence-electron chi connectivity index (χ2n) is 8.00. The quantitative estimate of drug-likeness (QED) is 0.401. The summed E-state index contributed by atoms with van der Waals surface area (Å²) in [4.78, 5) is 0. The largest absolute Gasteiger partial charge is 0.353 e. The van der Waals surface area contributed by atoms with E-state index in [1.165, 1.54) is 12.1 Å². The van der Waals surface area contributed by atoms with Crippen LogP contribution in [-0.4, -0.2) is 19.5 Å². The average molecular weight is 421 g/mol. The predicted molar refractivity (Wildman–Crippen MR) is 113 cm³/mol. The number of hydrogen-bond donors (Lipinski definition) is 0. The molecular formula is C25H31F3O2. The summed E-state index contributed by atoms with van der Waals surface area (Å²) in [5.74, 6) is -2.33. The number of ether oxygens (including phenoxy) is 2. The maximum absolute atomic E-state index is 14.8. The molecule has 1 fully saturated rings. The van der Waals surface area contributed by atoms with Gasteiger partial charge in [0.15, 0.2) is 17.9 Å². The molecule has 0 saturated carbocycles. The fourth-order valence-electron chi connectivity index (χ4n) is 3.93. The summed E-state index contributed by atoms with van der Waals surface area (Å²) in [6.45, 7) is 5.23. The minimum atomic E-state index is -0.979. The molecule has 0 N–H and O–H groups in total. The van der Waals surface area contributed by atoms with Crippen LogP contribution in [0.25, 0.3) is 11.1 Å². The van der Waals surface area contributed by atoms with Crippen LogP contribution in [0, 0.1) is 17.5 Å². The zero-order valence-electron chi connectivity index (χ0n) is 17.9. The van der Waals surface area contributed by atoms with Crippen molar-refractivity contribution in [1.82, 2.24) is 0 Å². The average Bonchev–Trinajstić information content (AvgIpc) is 2.76. The molecule has 1 saturated heterocycles. The third-order valence-electron chi connectivity index (χ3n) is 5.71. The Bertz CT molecular complexity index is 829. The number of unbranched alkanes of at least 4 members (excludes halogenated alkanes) is 2. The minimum Gasteiger partial charge on any atom is -0.353 e. The van der Waals surface area contributed by atoms with E-state index in [9.17, 15) is 13.2 Å². The number of rotatable bonds is 9. The van der Waals surface area contributed by atoms with Crippen LogP contribution >= 0.6 is 0 Å². The van der Waals surface area contributed by atoms with Crippen LogP contribution in [0.15, 0.2) is 30.3 Å². The van der Waals surface area contributed by atoms with Crippen molar-refractivity contribution < 1.29 is 22.6 Å². The Balaban J connectivity index is 1.72. The molecule has 0 bridgehead atoms. The third kappa shape index (κ3) is 5.44. The highest BCUT2D eigenvalue weighted by atomic mass is 19.2. The summed E-state index contributed by atoms with van der Waals surface area (Å²) in [5, 5.41) is 0. The second kappa shape index (κ2) is 11.0. The summed E-state index contributed by atoms with van der Waals surface area (Å²) in [6.07, 6.45) is 5.61. The lowest BCUT2D eigenvalue weighted by Gasteiger charge is -2.29. The molecule has 1 aliphatic heterocycles. The smallest absolute Gasteiger partial charge is 0.167 e. The first-order valence-electron chi connectivity index (χ1n) is 11.0. The van der Waals surface area contributed by atoms with Crippen molar-refractivity contribution >= 4 is 0 Å². The van der Waals surface area contributed by atoms with Gasteiger partial charge in [-0.3, -0.25) is 0 Å². The van der Waals surface area contributed by atoms with Crippen LogP contribution in [-0.2, 0) is 15.9 Å². The Labute approximate surface area is 177 Å². The van der Waals surface area contributed by atoms with E-state index in [1.54, 1.807) is 18.2 Å². The van der Waals surface area contributed by atoms with Crippen molar-refractivity contribution in [2.45, 2.75) is 71.0 Å². The molecule has 0 aromatic heterocycles. The summed E-state index contributed by atoms with van der Waals surface area (Å²) in [7, 11) is 0. The summed E-state index contributed by atoms with van der Waals surface area (Å²) in [6, 6.07) is 7.80. The maximum atomic E-state index is 14.8. The SMILES string of the molecule is CCCCCc1ccc(-c2ccc(C3CCC(OCCC)OC3)cc2F)c(F)c1F. The summed E-state index contributed by atoms with van der Waals surface area (Å²) < 4.78 is 55.3. The van der Waals surface area contributed by atoms with E-state index < -0.39 is 17.5 Å². The molecule has 1 heterocycles. The second-order valence-corrected chi connectivity index (χ2v) is 8.00. The lowest BCUT2D eigenvalue weighted by molar-refractivity contribution is -0.167. The third-order valence-corrected chi connectivity index (χ3v) is 5.71. The Hall–Kier alpha value is -1.85. The molecular weight excluding hydrogens is 389 g/mol. The molecule has 2 nitrogen and oxygen atoms in total. The van der Waals surface area contributed by atoms with Gasteiger partial charge in [0.2, 0.25) is 0 Å². The van der Waals surface area contributed by atoms with Gasteiger partial charge in [-0.2, -0.15) is 0 Å². The van der Waals surface area contributed by atoms with Crippen molar-refractivity contribution in [1.29, 1.82) is 0 Å². The van der Waals surface area contributed by atoms with Crippen molar-refractivity contribution in [3.05, 3.63) is 58.9 Å². The predicted octanol–water partition coefficient (Wildman–Crippen LogP) is 7.15. The molecule has 1 aliphatic rings. The zero-order valence-corrected chi connectivity index (χ0v) is 17.9. The van der Waals surface area contributed by atoms with Crippen LogP contribution in [0.5, 0.6) is 0 Å². The molecule has 2 aromatic carbocycles. The van der Waals surface area contributed by atoms with Gasteiger partial charge in [0.05, 0.1) is 6.61 Å². The van der Waals surface area contributed by atoms with E-state index in [2.05, 4.69) is 6.92 Å². The monoisotopic (exact) mass is 420 g/mol. The Morgan fingerprint density at radius 2 is 1.73 bits per heavy atom. The molecule has 0 aliphatic carbocycles. The number of benzene rings is 2. The van der Waals surface area contributed by atoms with Gasteiger partial charge in [-0.25, -0.2) is 13.2 Å². The lowest BCUT2D eigenvalue weighted by Crippen LogP contribution is -2.27. The van der Waals surface area contributed by atoms with Crippen molar-refractivity contribution in [2.24, 2.45) is 0 Å². The lowest BCUT2D eigenvalue weighted by atomic mass is 9.91. The maximum Gasteiger partial charge on any atom is 0.167 e. The first-order chi connectivity index (χ1) is 14.5. The van der Waals surface area contributed by atoms with E-state index >= 15 is 0 Å². The highest BCUT2D eigenvalue weighted by molar-refractivity contribution is 5.66. The summed E-state index contributed by atoms with van der Waals surface area (Å²) in [5.41, 5.74) is 1.20. The molecule has 2 unspecified atom stereocenters. The van der Waals surface area contributed by atoms with Gasteiger partial charge < -0.3 is 9.47 Å². The number of halogens is 3. The van der Waals surface area contributed by atoms with E-state index in [4.69, 9.17) is 9.47 Å². The van der Waals surface area contributed by atoms with Crippen LogP contribution in [0.4, 0.5) is 13.2 Å². The molecule has 0 spiro atoms. The molecule has 2 atom stereocenters. The molecule has 30 heavy (non-hydrogen) atoms.